The summed E-state index contributed by atoms with van der Waals surface area (Å²) < 4.78 is 11.6. The van der Waals surface area contributed by atoms with E-state index in [-0.39, 0.29) is 5.75 Å². The number of amides is 1. The number of rotatable bonds is 7. The van der Waals surface area contributed by atoms with Crippen molar-refractivity contribution in [2.24, 2.45) is 5.10 Å². The molecule has 1 heterocycles. The van der Waals surface area contributed by atoms with Gasteiger partial charge in [0.2, 0.25) is 0 Å². The maximum atomic E-state index is 13.5. The maximum absolute atomic E-state index is 13.5. The van der Waals surface area contributed by atoms with Crippen molar-refractivity contribution < 1.29 is 19.1 Å². The second kappa shape index (κ2) is 11.7. The number of benzene rings is 5. The summed E-state index contributed by atoms with van der Waals surface area (Å²) in [6.45, 7) is 0. The molecule has 0 spiro atoms. The lowest BCUT2D eigenvalue weighted by atomic mass is 9.99. The SMILES string of the molecule is COc1cccc(C(=O)Oc2ccc(Br)cc2C=NNC(=O)c2[nH]c3c(ccc4ccccc43)c2-c2ccccc2)c1. The highest BCUT2D eigenvalue weighted by Gasteiger charge is 2.20. The van der Waals surface area contributed by atoms with Crippen LogP contribution in [0.5, 0.6) is 11.5 Å². The van der Waals surface area contributed by atoms with Gasteiger partial charge in [-0.1, -0.05) is 88.7 Å². The summed E-state index contributed by atoms with van der Waals surface area (Å²) >= 11 is 3.45. The van der Waals surface area contributed by atoms with Gasteiger partial charge in [0.25, 0.3) is 5.91 Å². The summed E-state index contributed by atoms with van der Waals surface area (Å²) in [4.78, 5) is 29.7. The molecule has 0 unspecified atom stereocenters. The fourth-order valence-electron chi connectivity index (χ4n) is 4.85. The van der Waals surface area contributed by atoms with Gasteiger partial charge in [0.05, 0.1) is 24.4 Å². The zero-order chi connectivity index (χ0) is 29.1. The van der Waals surface area contributed by atoms with E-state index in [2.05, 4.69) is 37.5 Å². The number of halogens is 1. The zero-order valence-electron chi connectivity index (χ0n) is 22.4. The molecule has 7 nitrogen and oxygen atoms in total. The van der Waals surface area contributed by atoms with E-state index in [1.54, 1.807) is 42.5 Å². The van der Waals surface area contributed by atoms with E-state index in [9.17, 15) is 9.59 Å². The third-order valence-corrected chi connectivity index (χ3v) is 7.33. The van der Waals surface area contributed by atoms with Gasteiger partial charge in [-0.2, -0.15) is 5.10 Å². The number of fused-ring (bicyclic) bond motifs is 3. The number of nitrogens with zero attached hydrogens (tertiary/aromatic N) is 1. The normalized spacial score (nSPS) is 11.2. The quantitative estimate of drug-likeness (QED) is 0.0829. The number of ether oxygens (including phenoxy) is 2. The Hall–Kier alpha value is -5.21. The van der Waals surface area contributed by atoms with E-state index in [1.807, 2.05) is 60.7 Å². The highest BCUT2D eigenvalue weighted by Crippen LogP contribution is 2.36. The van der Waals surface area contributed by atoms with Gasteiger partial charge in [0, 0.05) is 26.4 Å². The number of H-pyrrole nitrogens is 1. The first-order valence-electron chi connectivity index (χ1n) is 13.1. The number of carbonyl (C=O) groups excluding carboxylic acids is 2. The van der Waals surface area contributed by atoms with Crippen molar-refractivity contribution in [1.29, 1.82) is 0 Å². The minimum atomic E-state index is -0.548. The molecule has 6 aromatic rings. The molecular formula is C34H24BrN3O4. The average molecular weight is 618 g/mol. The lowest BCUT2D eigenvalue weighted by molar-refractivity contribution is 0.0733. The maximum Gasteiger partial charge on any atom is 0.343 e. The summed E-state index contributed by atoms with van der Waals surface area (Å²) in [5, 5.41) is 7.25. The van der Waals surface area contributed by atoms with Gasteiger partial charge in [0.15, 0.2) is 0 Å². The average Bonchev–Trinajstić information content (AvgIpc) is 3.43. The van der Waals surface area contributed by atoms with Gasteiger partial charge < -0.3 is 14.5 Å². The molecule has 206 valence electrons. The highest BCUT2D eigenvalue weighted by molar-refractivity contribution is 9.10. The third-order valence-electron chi connectivity index (χ3n) is 6.84. The second-order valence-electron chi connectivity index (χ2n) is 9.45. The minimum absolute atomic E-state index is 0.283. The molecular weight excluding hydrogens is 594 g/mol. The number of aromatic amines is 1. The van der Waals surface area contributed by atoms with Crippen molar-refractivity contribution in [2.75, 3.05) is 7.11 Å². The van der Waals surface area contributed by atoms with Crippen LogP contribution in [-0.4, -0.2) is 30.2 Å². The van der Waals surface area contributed by atoms with E-state index in [1.165, 1.54) is 13.3 Å². The van der Waals surface area contributed by atoms with Crippen molar-refractivity contribution in [3.05, 3.63) is 130 Å². The molecule has 42 heavy (non-hydrogen) atoms. The largest absolute Gasteiger partial charge is 0.497 e. The molecule has 0 aliphatic carbocycles. The van der Waals surface area contributed by atoms with Gasteiger partial charge in [-0.25, -0.2) is 10.2 Å². The van der Waals surface area contributed by atoms with Crippen molar-refractivity contribution in [2.45, 2.75) is 0 Å². The fraction of sp³-hybridized carbons (Fsp3) is 0.0294. The Morgan fingerprint density at radius 2 is 1.67 bits per heavy atom. The molecule has 1 amide bonds. The van der Waals surface area contributed by atoms with Crippen LogP contribution in [0, 0.1) is 0 Å². The smallest absolute Gasteiger partial charge is 0.343 e. The fourth-order valence-corrected chi connectivity index (χ4v) is 5.23. The molecule has 0 aliphatic rings. The number of methoxy groups -OCH3 is 1. The van der Waals surface area contributed by atoms with Crippen molar-refractivity contribution in [3.63, 3.8) is 0 Å². The molecule has 0 aliphatic heterocycles. The van der Waals surface area contributed by atoms with E-state index in [0.717, 1.165) is 37.3 Å². The molecule has 0 saturated carbocycles. The Kier molecular flexibility index (Phi) is 7.53. The standard InChI is InChI=1S/C34H24BrN3O4/c1-41-26-12-7-11-23(19-26)34(40)42-29-17-15-25(35)18-24(29)20-36-38-33(39)32-30(22-9-3-2-4-10-22)28-16-14-21-8-5-6-13-27(21)31(28)37-32/h2-20,37H,1H3,(H,38,39). The molecule has 0 saturated heterocycles. The van der Waals surface area contributed by atoms with E-state index in [4.69, 9.17) is 9.47 Å². The van der Waals surface area contributed by atoms with Gasteiger partial charge >= 0.3 is 5.97 Å². The molecule has 6 rings (SSSR count). The molecule has 1 aromatic heterocycles. The van der Waals surface area contributed by atoms with Gasteiger partial charge in [-0.3, -0.25) is 4.79 Å². The first kappa shape index (κ1) is 27.0. The van der Waals surface area contributed by atoms with Crippen LogP contribution in [0.15, 0.2) is 119 Å². The Morgan fingerprint density at radius 1 is 0.857 bits per heavy atom. The third kappa shape index (κ3) is 5.40. The predicted molar refractivity (Wildman–Crippen MR) is 168 cm³/mol. The predicted octanol–water partition coefficient (Wildman–Crippen LogP) is 7.74. The van der Waals surface area contributed by atoms with Crippen LogP contribution >= 0.6 is 15.9 Å². The molecule has 0 bridgehead atoms. The molecule has 5 aromatic carbocycles. The van der Waals surface area contributed by atoms with Crippen molar-refractivity contribution in [1.82, 2.24) is 10.4 Å². The van der Waals surface area contributed by atoms with Crippen LogP contribution in [0.4, 0.5) is 0 Å². The Bertz CT molecular complexity index is 1980. The topological polar surface area (TPSA) is 92.8 Å². The lowest BCUT2D eigenvalue weighted by Crippen LogP contribution is -2.19. The van der Waals surface area contributed by atoms with Crippen LogP contribution in [0.3, 0.4) is 0 Å². The summed E-state index contributed by atoms with van der Waals surface area (Å²) in [5.74, 6) is -0.126. The number of hydrogen-bond acceptors (Lipinski definition) is 5. The minimum Gasteiger partial charge on any atom is -0.497 e. The second-order valence-corrected chi connectivity index (χ2v) is 10.4. The summed E-state index contributed by atoms with van der Waals surface area (Å²) in [7, 11) is 1.53. The molecule has 8 heteroatoms. The summed E-state index contributed by atoms with van der Waals surface area (Å²) in [5.41, 5.74) is 6.44. The summed E-state index contributed by atoms with van der Waals surface area (Å²) in [6, 6.07) is 33.7. The number of aromatic nitrogens is 1. The monoisotopic (exact) mass is 617 g/mol. The van der Waals surface area contributed by atoms with Crippen LogP contribution in [0.25, 0.3) is 32.8 Å². The van der Waals surface area contributed by atoms with E-state index < -0.39 is 11.9 Å². The summed E-state index contributed by atoms with van der Waals surface area (Å²) in [6.07, 6.45) is 1.44. The van der Waals surface area contributed by atoms with Crippen LogP contribution in [-0.2, 0) is 0 Å². The number of esters is 1. The molecule has 0 fully saturated rings. The first-order valence-corrected chi connectivity index (χ1v) is 13.9. The highest BCUT2D eigenvalue weighted by atomic mass is 79.9. The Morgan fingerprint density at radius 3 is 2.50 bits per heavy atom. The first-order chi connectivity index (χ1) is 20.5. The number of hydrogen-bond donors (Lipinski definition) is 2. The van der Waals surface area contributed by atoms with Crippen LogP contribution in [0.2, 0.25) is 0 Å². The molecule has 0 atom stereocenters. The number of carbonyl (C=O) groups is 2. The number of nitrogens with one attached hydrogen (secondary N) is 2. The molecule has 0 radical (unpaired) electrons. The van der Waals surface area contributed by atoms with E-state index in [0.29, 0.717) is 22.6 Å². The molecule has 2 N–H and O–H groups in total. The van der Waals surface area contributed by atoms with Crippen molar-refractivity contribution in [3.8, 4) is 22.6 Å². The van der Waals surface area contributed by atoms with Gasteiger partial charge in [-0.05, 0) is 47.3 Å². The van der Waals surface area contributed by atoms with Crippen LogP contribution < -0.4 is 14.9 Å². The Labute approximate surface area is 249 Å². The number of hydrazone groups is 1. The van der Waals surface area contributed by atoms with Crippen molar-refractivity contribution >= 4 is 55.7 Å². The van der Waals surface area contributed by atoms with E-state index >= 15 is 0 Å². The van der Waals surface area contributed by atoms with Gasteiger partial charge in [0.1, 0.15) is 17.2 Å². The van der Waals surface area contributed by atoms with Gasteiger partial charge in [-0.15, -0.1) is 0 Å². The zero-order valence-corrected chi connectivity index (χ0v) is 24.0. The van der Waals surface area contributed by atoms with Crippen LogP contribution in [0.1, 0.15) is 26.4 Å². The Balaban J connectivity index is 1.31. The lowest BCUT2D eigenvalue weighted by Gasteiger charge is -2.09.